The van der Waals surface area contributed by atoms with Crippen molar-refractivity contribution in [2.45, 2.75) is 50.5 Å². The third kappa shape index (κ3) is 3.13. The molecule has 120 valence electrons. The van der Waals surface area contributed by atoms with E-state index < -0.39 is 11.8 Å². The lowest BCUT2D eigenvalue weighted by atomic mass is 9.85. The normalized spacial score (nSPS) is 27.9. The van der Waals surface area contributed by atoms with Crippen molar-refractivity contribution in [2.75, 3.05) is 6.54 Å². The molecule has 2 aliphatic rings. The van der Waals surface area contributed by atoms with Gasteiger partial charge in [0.15, 0.2) is 0 Å². The first-order valence-electron chi connectivity index (χ1n) is 7.90. The molecule has 1 aliphatic heterocycles. The Balaban J connectivity index is 1.76. The van der Waals surface area contributed by atoms with Crippen LogP contribution in [0.2, 0.25) is 0 Å². The number of likely N-dealkylation sites (tertiary alicyclic amines) is 1. The van der Waals surface area contributed by atoms with Crippen LogP contribution in [-0.4, -0.2) is 23.3 Å². The quantitative estimate of drug-likeness (QED) is 0.797. The fourth-order valence-corrected chi connectivity index (χ4v) is 3.71. The number of nitrogens with zero attached hydrogens (tertiary/aromatic N) is 1. The van der Waals surface area contributed by atoms with Crippen LogP contribution >= 0.6 is 0 Å². The number of halogens is 3. The second-order valence-electron chi connectivity index (χ2n) is 6.39. The van der Waals surface area contributed by atoms with Crippen molar-refractivity contribution < 1.29 is 18.0 Å². The third-order valence-corrected chi connectivity index (χ3v) is 4.76. The number of carbonyl (C=O) groups excluding carboxylic acids is 1. The minimum atomic E-state index is -2.73. The van der Waals surface area contributed by atoms with Gasteiger partial charge in [-0.2, -0.15) is 0 Å². The minimum absolute atomic E-state index is 0.121. The van der Waals surface area contributed by atoms with Crippen LogP contribution in [0.3, 0.4) is 0 Å². The van der Waals surface area contributed by atoms with Gasteiger partial charge in [-0.05, 0) is 43.4 Å². The topological polar surface area (TPSA) is 20.3 Å². The predicted molar refractivity (Wildman–Crippen MR) is 77.0 cm³/mol. The monoisotopic (exact) mass is 311 g/mol. The first kappa shape index (κ1) is 15.4. The summed E-state index contributed by atoms with van der Waals surface area (Å²) >= 11 is 0. The molecule has 3 rings (SSSR count). The zero-order valence-corrected chi connectivity index (χ0v) is 12.4. The van der Waals surface area contributed by atoms with E-state index in [1.165, 1.54) is 12.1 Å². The van der Waals surface area contributed by atoms with Gasteiger partial charge in [-0.15, -0.1) is 0 Å². The Bertz CT molecular complexity index is 561. The van der Waals surface area contributed by atoms with E-state index in [9.17, 15) is 18.0 Å². The molecule has 1 saturated carbocycles. The van der Waals surface area contributed by atoms with Gasteiger partial charge in [0, 0.05) is 25.3 Å². The van der Waals surface area contributed by atoms with E-state index >= 15 is 0 Å². The molecule has 1 aliphatic carbocycles. The zero-order valence-electron chi connectivity index (χ0n) is 12.4. The van der Waals surface area contributed by atoms with Crippen LogP contribution < -0.4 is 0 Å². The molecule has 1 heterocycles. The van der Waals surface area contributed by atoms with E-state index in [0.29, 0.717) is 19.4 Å². The Labute approximate surface area is 128 Å². The van der Waals surface area contributed by atoms with Crippen molar-refractivity contribution in [3.63, 3.8) is 0 Å². The van der Waals surface area contributed by atoms with Crippen molar-refractivity contribution in [1.29, 1.82) is 0 Å². The van der Waals surface area contributed by atoms with Gasteiger partial charge in [-0.25, -0.2) is 13.2 Å². The van der Waals surface area contributed by atoms with Crippen molar-refractivity contribution in [2.24, 2.45) is 5.92 Å². The molecule has 5 heteroatoms. The molecule has 1 aromatic rings. The van der Waals surface area contributed by atoms with Gasteiger partial charge >= 0.3 is 0 Å². The van der Waals surface area contributed by atoms with Crippen LogP contribution in [0, 0.1) is 11.7 Å². The van der Waals surface area contributed by atoms with Gasteiger partial charge in [0.1, 0.15) is 5.82 Å². The van der Waals surface area contributed by atoms with E-state index in [1.807, 2.05) is 0 Å². The van der Waals surface area contributed by atoms with E-state index in [1.54, 1.807) is 17.0 Å². The lowest BCUT2D eigenvalue weighted by Gasteiger charge is -2.33. The van der Waals surface area contributed by atoms with Gasteiger partial charge in [-0.1, -0.05) is 12.1 Å². The van der Waals surface area contributed by atoms with Crippen molar-refractivity contribution in [3.8, 4) is 0 Å². The van der Waals surface area contributed by atoms with Crippen LogP contribution in [0.5, 0.6) is 0 Å². The average Bonchev–Trinajstić information content (AvgIpc) is 2.94. The molecule has 0 bridgehead atoms. The van der Waals surface area contributed by atoms with E-state index in [0.717, 1.165) is 18.4 Å². The fourth-order valence-electron chi connectivity index (χ4n) is 3.71. The summed E-state index contributed by atoms with van der Waals surface area (Å²) in [5, 5.41) is 0. The summed E-state index contributed by atoms with van der Waals surface area (Å²) in [6, 6.07) is 6.05. The molecule has 0 spiro atoms. The van der Waals surface area contributed by atoms with Crippen LogP contribution in [-0.2, 0) is 4.79 Å². The highest BCUT2D eigenvalue weighted by Crippen LogP contribution is 2.40. The Morgan fingerprint density at radius 2 is 2.05 bits per heavy atom. The zero-order chi connectivity index (χ0) is 15.7. The molecule has 0 unspecified atom stereocenters. The summed E-state index contributed by atoms with van der Waals surface area (Å²) < 4.78 is 40.5. The molecule has 2 nitrogen and oxygen atoms in total. The van der Waals surface area contributed by atoms with Gasteiger partial charge in [0.2, 0.25) is 11.8 Å². The first-order valence-corrected chi connectivity index (χ1v) is 7.90. The average molecular weight is 311 g/mol. The lowest BCUT2D eigenvalue weighted by Crippen LogP contribution is -2.40. The smallest absolute Gasteiger partial charge is 0.248 e. The summed E-state index contributed by atoms with van der Waals surface area (Å²) in [6.45, 7) is 0.572. The molecule has 0 aromatic heterocycles. The summed E-state index contributed by atoms with van der Waals surface area (Å²) in [6.07, 6.45) is 2.04. The van der Waals surface area contributed by atoms with Gasteiger partial charge < -0.3 is 4.90 Å². The number of benzene rings is 1. The van der Waals surface area contributed by atoms with Crippen LogP contribution in [0.4, 0.5) is 13.2 Å². The molecular formula is C17H20F3NO. The largest absolute Gasteiger partial charge is 0.335 e. The molecular weight excluding hydrogens is 291 g/mol. The van der Waals surface area contributed by atoms with Crippen molar-refractivity contribution >= 4 is 5.91 Å². The van der Waals surface area contributed by atoms with Crippen molar-refractivity contribution in [3.05, 3.63) is 35.6 Å². The maximum atomic E-state index is 13.6. The fraction of sp³-hybridized carbons (Fsp3) is 0.588. The predicted octanol–water partition coefficient (Wildman–Crippen LogP) is 4.31. The molecule has 0 radical (unpaired) electrons. The van der Waals surface area contributed by atoms with E-state index in [-0.39, 0.29) is 30.6 Å². The molecule has 2 atom stereocenters. The van der Waals surface area contributed by atoms with Crippen LogP contribution in [0.15, 0.2) is 24.3 Å². The number of rotatable bonds is 2. The SMILES string of the molecule is O=C([C@H]1CCCC(F)(F)C1)N1CCC[C@H]1c1cccc(F)c1. The Hall–Kier alpha value is -1.52. The third-order valence-electron chi connectivity index (χ3n) is 4.76. The minimum Gasteiger partial charge on any atom is -0.335 e. The van der Waals surface area contributed by atoms with Crippen molar-refractivity contribution in [1.82, 2.24) is 4.90 Å². The lowest BCUT2D eigenvalue weighted by molar-refractivity contribution is -0.143. The second-order valence-corrected chi connectivity index (χ2v) is 6.39. The van der Waals surface area contributed by atoms with Crippen LogP contribution in [0.25, 0.3) is 0 Å². The molecule has 2 fully saturated rings. The number of hydrogen-bond donors (Lipinski definition) is 0. The number of amides is 1. The van der Waals surface area contributed by atoms with E-state index in [4.69, 9.17) is 0 Å². The Kier molecular flexibility index (Phi) is 4.15. The summed E-state index contributed by atoms with van der Waals surface area (Å²) in [4.78, 5) is 14.3. The van der Waals surface area contributed by atoms with Gasteiger partial charge in [0.05, 0.1) is 6.04 Å². The number of carbonyl (C=O) groups is 1. The van der Waals surface area contributed by atoms with E-state index in [2.05, 4.69) is 0 Å². The molecule has 22 heavy (non-hydrogen) atoms. The molecule has 1 amide bonds. The second kappa shape index (κ2) is 5.94. The standard InChI is InChI=1S/C17H20F3NO/c18-14-6-1-4-12(10-14)15-7-3-9-21(15)16(22)13-5-2-8-17(19,20)11-13/h1,4,6,10,13,15H,2-3,5,7-9,11H2/t13-,15-/m0/s1. The molecule has 0 N–H and O–H groups in total. The number of alkyl halides is 2. The first-order chi connectivity index (χ1) is 10.5. The Morgan fingerprint density at radius 1 is 1.23 bits per heavy atom. The van der Waals surface area contributed by atoms with Crippen LogP contribution in [0.1, 0.15) is 50.1 Å². The highest BCUT2D eigenvalue weighted by atomic mass is 19.3. The molecule has 1 aromatic carbocycles. The Morgan fingerprint density at radius 3 is 2.77 bits per heavy atom. The van der Waals surface area contributed by atoms with Gasteiger partial charge in [0.25, 0.3) is 0 Å². The number of hydrogen-bond acceptors (Lipinski definition) is 1. The highest BCUT2D eigenvalue weighted by molar-refractivity contribution is 5.79. The molecule has 1 saturated heterocycles. The summed E-state index contributed by atoms with van der Waals surface area (Å²) in [7, 11) is 0. The van der Waals surface area contributed by atoms with Gasteiger partial charge in [-0.3, -0.25) is 4.79 Å². The summed E-state index contributed by atoms with van der Waals surface area (Å²) in [5.41, 5.74) is 0.758. The maximum Gasteiger partial charge on any atom is 0.248 e. The highest BCUT2D eigenvalue weighted by Gasteiger charge is 2.42. The maximum absolute atomic E-state index is 13.6. The summed E-state index contributed by atoms with van der Waals surface area (Å²) in [5.74, 6) is -3.85.